The molecule has 20 heavy (non-hydrogen) atoms. The Balaban J connectivity index is 1.96. The number of methoxy groups -OCH3 is 2. The molecule has 0 fully saturated rings. The maximum Gasteiger partial charge on any atom is 0.319 e. The molecule has 1 heterocycles. The van der Waals surface area contributed by atoms with Gasteiger partial charge in [0.05, 0.1) is 14.2 Å². The molecule has 0 aliphatic carbocycles. The number of nitrogens with one attached hydrogen (secondary N) is 2. The number of rotatable bonds is 5. The number of carbonyl (C=O) groups is 1. The summed E-state index contributed by atoms with van der Waals surface area (Å²) in [5.41, 5.74) is 1.69. The first kappa shape index (κ1) is 14.2. The predicted octanol–water partition coefficient (Wildman–Crippen LogP) is 3.09. The lowest BCUT2D eigenvalue weighted by Gasteiger charge is -2.10. The molecular formula is C14H16N2O3S. The van der Waals surface area contributed by atoms with Gasteiger partial charge in [0, 0.05) is 30.4 Å². The van der Waals surface area contributed by atoms with Crippen LogP contribution in [-0.4, -0.2) is 20.3 Å². The molecule has 2 aromatic rings. The van der Waals surface area contributed by atoms with Gasteiger partial charge < -0.3 is 20.1 Å². The average Bonchev–Trinajstić information content (AvgIpc) is 2.98. The van der Waals surface area contributed by atoms with E-state index in [1.54, 1.807) is 43.8 Å². The molecular weight excluding hydrogens is 276 g/mol. The summed E-state index contributed by atoms with van der Waals surface area (Å²) in [7, 11) is 3.13. The van der Waals surface area contributed by atoms with Crippen LogP contribution < -0.4 is 20.1 Å². The van der Waals surface area contributed by atoms with Gasteiger partial charge in [0.15, 0.2) is 0 Å². The van der Waals surface area contributed by atoms with Crippen molar-refractivity contribution in [2.45, 2.75) is 6.54 Å². The summed E-state index contributed by atoms with van der Waals surface area (Å²) in [6, 6.07) is 6.90. The second kappa shape index (κ2) is 6.81. The quantitative estimate of drug-likeness (QED) is 0.890. The molecule has 106 valence electrons. The molecule has 2 amide bonds. The standard InChI is InChI=1S/C14H16N2O3S/c1-18-12-5-11(6-13(7-12)19-2)16-14(17)15-8-10-3-4-20-9-10/h3-7,9H,8H2,1-2H3,(H2,15,16,17). The van der Waals surface area contributed by atoms with E-state index in [-0.39, 0.29) is 6.03 Å². The van der Waals surface area contributed by atoms with Crippen LogP contribution in [0.15, 0.2) is 35.0 Å². The van der Waals surface area contributed by atoms with E-state index in [0.717, 1.165) is 5.56 Å². The van der Waals surface area contributed by atoms with Crippen molar-refractivity contribution >= 4 is 23.1 Å². The van der Waals surface area contributed by atoms with E-state index < -0.39 is 0 Å². The SMILES string of the molecule is COc1cc(NC(=O)NCc2ccsc2)cc(OC)c1. The molecule has 1 aromatic heterocycles. The lowest BCUT2D eigenvalue weighted by atomic mass is 10.3. The van der Waals surface area contributed by atoms with Crippen LogP contribution in [-0.2, 0) is 6.54 Å². The van der Waals surface area contributed by atoms with Crippen molar-refractivity contribution in [3.8, 4) is 11.5 Å². The van der Waals surface area contributed by atoms with E-state index in [1.807, 2.05) is 16.8 Å². The molecule has 0 bridgehead atoms. The van der Waals surface area contributed by atoms with Gasteiger partial charge in [-0.2, -0.15) is 11.3 Å². The van der Waals surface area contributed by atoms with Crippen molar-refractivity contribution in [3.05, 3.63) is 40.6 Å². The monoisotopic (exact) mass is 292 g/mol. The Bertz CT molecular complexity index is 548. The van der Waals surface area contributed by atoms with Gasteiger partial charge >= 0.3 is 6.03 Å². The van der Waals surface area contributed by atoms with Crippen LogP contribution in [0.2, 0.25) is 0 Å². The van der Waals surface area contributed by atoms with Crippen molar-refractivity contribution in [1.29, 1.82) is 0 Å². The van der Waals surface area contributed by atoms with Gasteiger partial charge in [-0.3, -0.25) is 0 Å². The Morgan fingerprint density at radius 2 is 1.90 bits per heavy atom. The van der Waals surface area contributed by atoms with Crippen molar-refractivity contribution in [3.63, 3.8) is 0 Å². The second-order valence-corrected chi connectivity index (χ2v) is 4.82. The highest BCUT2D eigenvalue weighted by molar-refractivity contribution is 7.07. The largest absolute Gasteiger partial charge is 0.497 e. The van der Waals surface area contributed by atoms with Gasteiger partial charge in [0.2, 0.25) is 0 Å². The molecule has 0 aliphatic rings. The third-order valence-corrected chi connectivity index (χ3v) is 3.37. The number of benzene rings is 1. The number of thiophene rings is 1. The van der Waals surface area contributed by atoms with Crippen molar-refractivity contribution in [2.24, 2.45) is 0 Å². The third-order valence-electron chi connectivity index (χ3n) is 2.64. The van der Waals surface area contributed by atoms with E-state index in [2.05, 4.69) is 10.6 Å². The highest BCUT2D eigenvalue weighted by Crippen LogP contribution is 2.25. The van der Waals surface area contributed by atoms with E-state index in [1.165, 1.54) is 0 Å². The van der Waals surface area contributed by atoms with Crippen molar-refractivity contribution < 1.29 is 14.3 Å². The lowest BCUT2D eigenvalue weighted by Crippen LogP contribution is -2.27. The van der Waals surface area contributed by atoms with Crippen LogP contribution in [0.25, 0.3) is 0 Å². The first-order valence-corrected chi connectivity index (χ1v) is 6.94. The van der Waals surface area contributed by atoms with Crippen LogP contribution in [0.3, 0.4) is 0 Å². The lowest BCUT2D eigenvalue weighted by molar-refractivity contribution is 0.251. The molecule has 1 aromatic carbocycles. The highest BCUT2D eigenvalue weighted by atomic mass is 32.1. The van der Waals surface area contributed by atoms with Crippen molar-refractivity contribution in [2.75, 3.05) is 19.5 Å². The molecule has 0 spiro atoms. The number of ether oxygens (including phenoxy) is 2. The van der Waals surface area contributed by atoms with Crippen LogP contribution in [0, 0.1) is 0 Å². The summed E-state index contributed by atoms with van der Waals surface area (Å²) in [6.07, 6.45) is 0. The fourth-order valence-corrected chi connectivity index (χ4v) is 2.30. The molecule has 0 saturated heterocycles. The molecule has 2 N–H and O–H groups in total. The Labute approximate surface area is 121 Å². The van der Waals surface area contributed by atoms with E-state index in [9.17, 15) is 4.79 Å². The molecule has 0 radical (unpaired) electrons. The van der Waals surface area contributed by atoms with E-state index in [0.29, 0.717) is 23.7 Å². The summed E-state index contributed by atoms with van der Waals surface area (Å²) in [5, 5.41) is 9.50. The number of urea groups is 1. The van der Waals surface area contributed by atoms with Gasteiger partial charge in [-0.1, -0.05) is 0 Å². The van der Waals surface area contributed by atoms with Crippen LogP contribution >= 0.6 is 11.3 Å². The van der Waals surface area contributed by atoms with Gasteiger partial charge in [-0.05, 0) is 22.4 Å². The summed E-state index contributed by atoms with van der Waals surface area (Å²) in [5.74, 6) is 1.25. The highest BCUT2D eigenvalue weighted by Gasteiger charge is 2.06. The smallest absolute Gasteiger partial charge is 0.319 e. The zero-order chi connectivity index (χ0) is 14.4. The predicted molar refractivity (Wildman–Crippen MR) is 79.7 cm³/mol. The minimum absolute atomic E-state index is 0.272. The van der Waals surface area contributed by atoms with Gasteiger partial charge in [0.1, 0.15) is 11.5 Å². The fraction of sp³-hybridized carbons (Fsp3) is 0.214. The number of anilines is 1. The molecule has 0 saturated carbocycles. The Morgan fingerprint density at radius 3 is 2.45 bits per heavy atom. The second-order valence-electron chi connectivity index (χ2n) is 4.04. The number of hydrogen-bond donors (Lipinski definition) is 2. The van der Waals surface area contributed by atoms with Crippen molar-refractivity contribution in [1.82, 2.24) is 5.32 Å². The molecule has 5 nitrogen and oxygen atoms in total. The molecule has 6 heteroatoms. The Hall–Kier alpha value is -2.21. The molecule has 0 aliphatic heterocycles. The molecule has 2 rings (SSSR count). The van der Waals surface area contributed by atoms with Crippen LogP contribution in [0.4, 0.5) is 10.5 Å². The minimum Gasteiger partial charge on any atom is -0.497 e. The zero-order valence-corrected chi connectivity index (χ0v) is 12.1. The van der Waals surface area contributed by atoms with Gasteiger partial charge in [-0.15, -0.1) is 0 Å². The summed E-state index contributed by atoms with van der Waals surface area (Å²) >= 11 is 1.60. The molecule has 0 unspecified atom stereocenters. The normalized spacial score (nSPS) is 9.90. The minimum atomic E-state index is -0.272. The molecule has 0 atom stereocenters. The van der Waals surface area contributed by atoms with Crippen LogP contribution in [0.1, 0.15) is 5.56 Å². The Kier molecular flexibility index (Phi) is 4.84. The third kappa shape index (κ3) is 3.89. The maximum absolute atomic E-state index is 11.8. The van der Waals surface area contributed by atoms with Gasteiger partial charge in [-0.25, -0.2) is 4.79 Å². The number of carbonyl (C=O) groups excluding carboxylic acids is 1. The van der Waals surface area contributed by atoms with Crippen LogP contribution in [0.5, 0.6) is 11.5 Å². The Morgan fingerprint density at radius 1 is 1.20 bits per heavy atom. The summed E-state index contributed by atoms with van der Waals surface area (Å²) < 4.78 is 10.3. The van der Waals surface area contributed by atoms with E-state index >= 15 is 0 Å². The number of hydrogen-bond acceptors (Lipinski definition) is 4. The topological polar surface area (TPSA) is 59.6 Å². The maximum atomic E-state index is 11.8. The first-order valence-electron chi connectivity index (χ1n) is 6.00. The summed E-state index contributed by atoms with van der Waals surface area (Å²) in [4.78, 5) is 11.8. The average molecular weight is 292 g/mol. The zero-order valence-electron chi connectivity index (χ0n) is 11.3. The van der Waals surface area contributed by atoms with Gasteiger partial charge in [0.25, 0.3) is 0 Å². The van der Waals surface area contributed by atoms with E-state index in [4.69, 9.17) is 9.47 Å². The first-order chi connectivity index (χ1) is 9.71. The summed E-state index contributed by atoms with van der Waals surface area (Å²) in [6.45, 7) is 0.496. The fourth-order valence-electron chi connectivity index (χ4n) is 1.63. The number of amides is 2.